The van der Waals surface area contributed by atoms with Crippen molar-refractivity contribution in [1.29, 1.82) is 0 Å². The Morgan fingerprint density at radius 2 is 1.65 bits per heavy atom. The number of rotatable bonds is 5. The summed E-state index contributed by atoms with van der Waals surface area (Å²) < 4.78 is 12.3. The molecule has 1 heterocycles. The maximum absolute atomic E-state index is 13.1. The zero-order valence-corrected chi connectivity index (χ0v) is 17.6. The first-order valence-corrected chi connectivity index (χ1v) is 10.0. The molecule has 0 aliphatic heterocycles. The molecule has 0 saturated heterocycles. The fourth-order valence-corrected chi connectivity index (χ4v) is 3.24. The maximum atomic E-state index is 13.1. The molecule has 154 valence electrons. The van der Waals surface area contributed by atoms with Gasteiger partial charge in [0.1, 0.15) is 23.9 Å². The topological polar surface area (TPSA) is 53.4 Å². The predicted molar refractivity (Wildman–Crippen MR) is 123 cm³/mol. The highest BCUT2D eigenvalue weighted by atomic mass is 35.5. The number of benzene rings is 3. The van der Waals surface area contributed by atoms with Crippen molar-refractivity contribution < 1.29 is 9.47 Å². The molecule has 0 spiro atoms. The molecule has 0 aliphatic rings. The molecule has 0 fully saturated rings. The molecule has 0 amide bonds. The summed E-state index contributed by atoms with van der Waals surface area (Å²) in [4.78, 5) is 17.8. The van der Waals surface area contributed by atoms with Crippen LogP contribution in [0, 0.1) is 11.8 Å². The van der Waals surface area contributed by atoms with Crippen LogP contribution in [-0.4, -0.2) is 23.3 Å². The van der Waals surface area contributed by atoms with E-state index in [0.717, 1.165) is 11.3 Å². The fraction of sp³-hybridized carbons (Fsp3) is 0.120. The molecule has 4 aromatic rings. The SMILES string of the molecule is COc1ccc(OCC#CCn2c(-c3ccc(Cl)cc3)nc3ccccc3c2=O)cc1. The van der Waals surface area contributed by atoms with Gasteiger partial charge in [0, 0.05) is 10.6 Å². The molecular weight excluding hydrogens is 412 g/mol. The molecule has 0 unspecified atom stereocenters. The third-order valence-electron chi connectivity index (χ3n) is 4.70. The van der Waals surface area contributed by atoms with Crippen LogP contribution in [0.25, 0.3) is 22.3 Å². The number of aromatic nitrogens is 2. The van der Waals surface area contributed by atoms with Crippen LogP contribution in [0.2, 0.25) is 5.02 Å². The Bertz CT molecular complexity index is 1320. The highest BCUT2D eigenvalue weighted by Gasteiger charge is 2.12. The van der Waals surface area contributed by atoms with E-state index in [2.05, 4.69) is 11.8 Å². The number of ether oxygens (including phenoxy) is 2. The highest BCUT2D eigenvalue weighted by Crippen LogP contribution is 2.21. The molecule has 3 aromatic carbocycles. The van der Waals surface area contributed by atoms with Crippen molar-refractivity contribution >= 4 is 22.5 Å². The number of hydrogen-bond donors (Lipinski definition) is 0. The minimum atomic E-state index is -0.138. The summed E-state index contributed by atoms with van der Waals surface area (Å²) in [6, 6.07) is 21.8. The Morgan fingerprint density at radius 1 is 0.935 bits per heavy atom. The van der Waals surface area contributed by atoms with Crippen LogP contribution in [-0.2, 0) is 6.54 Å². The largest absolute Gasteiger partial charge is 0.497 e. The van der Waals surface area contributed by atoms with Gasteiger partial charge in [-0.25, -0.2) is 4.98 Å². The summed E-state index contributed by atoms with van der Waals surface area (Å²) in [6.45, 7) is 0.402. The lowest BCUT2D eigenvalue weighted by molar-refractivity contribution is 0.367. The lowest BCUT2D eigenvalue weighted by Crippen LogP contribution is -2.23. The molecule has 0 bridgehead atoms. The van der Waals surface area contributed by atoms with E-state index >= 15 is 0 Å². The van der Waals surface area contributed by atoms with Gasteiger partial charge < -0.3 is 9.47 Å². The summed E-state index contributed by atoms with van der Waals surface area (Å²) in [7, 11) is 1.61. The minimum absolute atomic E-state index is 0.138. The van der Waals surface area contributed by atoms with Crippen molar-refractivity contribution in [3.8, 4) is 34.7 Å². The molecule has 0 radical (unpaired) electrons. The first kappa shape index (κ1) is 20.5. The summed E-state index contributed by atoms with van der Waals surface area (Å²) in [5.74, 6) is 7.98. The van der Waals surface area contributed by atoms with Crippen LogP contribution in [0.3, 0.4) is 0 Å². The number of methoxy groups -OCH3 is 1. The van der Waals surface area contributed by atoms with E-state index in [0.29, 0.717) is 27.5 Å². The Morgan fingerprint density at radius 3 is 2.39 bits per heavy atom. The van der Waals surface area contributed by atoms with Crippen molar-refractivity contribution in [1.82, 2.24) is 9.55 Å². The van der Waals surface area contributed by atoms with Crippen molar-refractivity contribution in [3.05, 3.63) is 88.2 Å². The van der Waals surface area contributed by atoms with Gasteiger partial charge in [0.05, 0.1) is 24.6 Å². The monoisotopic (exact) mass is 430 g/mol. The maximum Gasteiger partial charge on any atom is 0.262 e. The third kappa shape index (κ3) is 4.71. The lowest BCUT2D eigenvalue weighted by atomic mass is 10.2. The standard InChI is InChI=1S/C25H19ClN2O3/c1-30-20-12-14-21(15-13-20)31-17-5-4-16-28-24(18-8-10-19(26)11-9-18)27-23-7-3-2-6-22(23)25(28)29/h2-3,6-15H,16-17H2,1H3. The second-order valence-corrected chi connectivity index (χ2v) is 7.10. The molecule has 0 aliphatic carbocycles. The van der Waals surface area contributed by atoms with E-state index in [1.165, 1.54) is 0 Å². The highest BCUT2D eigenvalue weighted by molar-refractivity contribution is 6.30. The van der Waals surface area contributed by atoms with Crippen LogP contribution in [0.1, 0.15) is 0 Å². The van der Waals surface area contributed by atoms with Gasteiger partial charge in [-0.05, 0) is 60.7 Å². The molecule has 1 aromatic heterocycles. The average Bonchev–Trinajstić information content (AvgIpc) is 2.81. The van der Waals surface area contributed by atoms with Gasteiger partial charge in [-0.2, -0.15) is 0 Å². The second kappa shape index (κ2) is 9.38. The van der Waals surface area contributed by atoms with E-state index in [4.69, 9.17) is 26.1 Å². The smallest absolute Gasteiger partial charge is 0.262 e. The molecule has 5 nitrogen and oxygen atoms in total. The zero-order valence-electron chi connectivity index (χ0n) is 16.8. The molecule has 31 heavy (non-hydrogen) atoms. The van der Waals surface area contributed by atoms with Gasteiger partial charge in [0.2, 0.25) is 0 Å². The molecule has 6 heteroatoms. The van der Waals surface area contributed by atoms with Crippen molar-refractivity contribution in [3.63, 3.8) is 0 Å². The number of fused-ring (bicyclic) bond motifs is 1. The summed E-state index contributed by atoms with van der Waals surface area (Å²) in [5, 5.41) is 1.17. The first-order chi connectivity index (χ1) is 15.2. The number of para-hydroxylation sites is 1. The van der Waals surface area contributed by atoms with E-state index in [1.54, 1.807) is 29.9 Å². The predicted octanol–water partition coefficient (Wildman–Crippen LogP) is 4.81. The van der Waals surface area contributed by atoms with E-state index in [1.807, 2.05) is 54.6 Å². The molecule has 0 N–H and O–H groups in total. The quantitative estimate of drug-likeness (QED) is 0.426. The number of halogens is 1. The van der Waals surface area contributed by atoms with Crippen LogP contribution in [0.5, 0.6) is 11.5 Å². The van der Waals surface area contributed by atoms with E-state index in [-0.39, 0.29) is 18.7 Å². The third-order valence-corrected chi connectivity index (χ3v) is 4.95. The number of hydrogen-bond acceptors (Lipinski definition) is 4. The van der Waals surface area contributed by atoms with Crippen LogP contribution < -0.4 is 15.0 Å². The Kier molecular flexibility index (Phi) is 6.21. The summed E-state index contributed by atoms with van der Waals surface area (Å²) in [6.07, 6.45) is 0. The van der Waals surface area contributed by atoms with E-state index < -0.39 is 0 Å². The van der Waals surface area contributed by atoms with Gasteiger partial charge >= 0.3 is 0 Å². The van der Waals surface area contributed by atoms with Crippen LogP contribution in [0.4, 0.5) is 0 Å². The van der Waals surface area contributed by atoms with Crippen molar-refractivity contribution in [2.45, 2.75) is 6.54 Å². The van der Waals surface area contributed by atoms with Gasteiger partial charge in [0.15, 0.2) is 0 Å². The molecular formula is C25H19ClN2O3. The van der Waals surface area contributed by atoms with Gasteiger partial charge in [-0.1, -0.05) is 35.6 Å². The lowest BCUT2D eigenvalue weighted by Gasteiger charge is -2.11. The minimum Gasteiger partial charge on any atom is -0.497 e. The summed E-state index contributed by atoms with van der Waals surface area (Å²) in [5.41, 5.74) is 1.30. The first-order valence-electron chi connectivity index (χ1n) is 9.64. The normalized spacial score (nSPS) is 10.4. The molecule has 4 rings (SSSR count). The van der Waals surface area contributed by atoms with Crippen molar-refractivity contribution in [2.75, 3.05) is 13.7 Å². The second-order valence-electron chi connectivity index (χ2n) is 6.67. The Hall–Kier alpha value is -3.75. The number of nitrogens with zero attached hydrogens (tertiary/aromatic N) is 2. The van der Waals surface area contributed by atoms with Crippen LogP contribution in [0.15, 0.2) is 77.6 Å². The Balaban J connectivity index is 1.59. The zero-order chi connectivity index (χ0) is 21.6. The Labute approximate surface area is 184 Å². The molecule has 0 saturated carbocycles. The molecule has 0 atom stereocenters. The van der Waals surface area contributed by atoms with Crippen LogP contribution >= 0.6 is 11.6 Å². The summed E-state index contributed by atoms with van der Waals surface area (Å²) >= 11 is 6.02. The fourth-order valence-electron chi connectivity index (χ4n) is 3.11. The van der Waals surface area contributed by atoms with Gasteiger partial charge in [-0.3, -0.25) is 9.36 Å². The van der Waals surface area contributed by atoms with Gasteiger partial charge in [0.25, 0.3) is 5.56 Å². The van der Waals surface area contributed by atoms with Gasteiger partial charge in [-0.15, -0.1) is 0 Å². The van der Waals surface area contributed by atoms with Crippen molar-refractivity contribution in [2.24, 2.45) is 0 Å². The van der Waals surface area contributed by atoms with E-state index in [9.17, 15) is 4.79 Å². The average molecular weight is 431 g/mol.